The van der Waals surface area contributed by atoms with Crippen LogP contribution in [0.3, 0.4) is 0 Å². The Kier molecular flexibility index (Phi) is 3.09. The van der Waals surface area contributed by atoms with Gasteiger partial charge in [-0.2, -0.15) is 8.78 Å². The predicted molar refractivity (Wildman–Crippen MR) is 56.4 cm³/mol. The molecule has 2 N–H and O–H groups in total. The predicted octanol–water partition coefficient (Wildman–Crippen LogP) is 1.59. The topological polar surface area (TPSA) is 88.0 Å². The zero-order chi connectivity index (χ0) is 13.1. The summed E-state index contributed by atoms with van der Waals surface area (Å²) in [4.78, 5) is 10.9. The van der Waals surface area contributed by atoms with Crippen molar-refractivity contribution in [2.45, 2.75) is 0 Å². The molecule has 18 heavy (non-hydrogen) atoms. The Bertz CT molecular complexity index is 606. The minimum atomic E-state index is -1.42. The second-order valence-electron chi connectivity index (χ2n) is 3.22. The van der Waals surface area contributed by atoms with E-state index in [0.717, 1.165) is 0 Å². The van der Waals surface area contributed by atoms with Crippen LogP contribution in [0.5, 0.6) is 0 Å². The molecule has 0 fully saturated rings. The van der Waals surface area contributed by atoms with Crippen LogP contribution in [0, 0.1) is 11.8 Å². The summed E-state index contributed by atoms with van der Waals surface area (Å²) in [5.74, 6) is -4.48. The molecule has 6 nitrogen and oxygen atoms in total. The number of hydrogen-bond donors (Lipinski definition) is 2. The summed E-state index contributed by atoms with van der Waals surface area (Å²) in [6.07, 6.45) is 0. The molecule has 0 saturated heterocycles. The number of rotatable bonds is 3. The molecule has 2 aromatic rings. The van der Waals surface area contributed by atoms with Crippen molar-refractivity contribution < 1.29 is 18.7 Å². The zero-order valence-electron chi connectivity index (χ0n) is 8.76. The molecule has 1 aromatic heterocycles. The van der Waals surface area contributed by atoms with Crippen LogP contribution in [0.4, 0.5) is 20.3 Å². The maximum Gasteiger partial charge on any atom is 0.337 e. The van der Waals surface area contributed by atoms with Crippen LogP contribution in [-0.2, 0) is 0 Å². The molecule has 0 spiro atoms. The molecule has 0 amide bonds. The number of anilines is 2. The number of aromatic nitrogens is 3. The van der Waals surface area contributed by atoms with E-state index in [0.29, 0.717) is 0 Å². The van der Waals surface area contributed by atoms with Crippen LogP contribution < -0.4 is 5.32 Å². The molecule has 0 aliphatic heterocycles. The van der Waals surface area contributed by atoms with Crippen molar-refractivity contribution in [1.29, 1.82) is 0 Å². The van der Waals surface area contributed by atoms with Gasteiger partial charge in [0, 0.05) is 0 Å². The van der Waals surface area contributed by atoms with Gasteiger partial charge in [0.15, 0.2) is 5.82 Å². The molecular formula is C10H6F2N4O2. The molecule has 0 aliphatic carbocycles. The van der Waals surface area contributed by atoms with Gasteiger partial charge >= 0.3 is 5.97 Å². The summed E-state index contributed by atoms with van der Waals surface area (Å²) in [5.41, 5.74) is -0.0280. The highest BCUT2D eigenvalue weighted by Gasteiger charge is 2.15. The Hall–Kier alpha value is -2.64. The number of nitrogens with one attached hydrogen (secondary N) is 1. The Morgan fingerprint density at radius 1 is 1.22 bits per heavy atom. The van der Waals surface area contributed by atoms with Gasteiger partial charge < -0.3 is 10.4 Å². The van der Waals surface area contributed by atoms with Crippen LogP contribution in [0.15, 0.2) is 24.3 Å². The summed E-state index contributed by atoms with van der Waals surface area (Å²) in [6.45, 7) is 0. The molecule has 0 atom stereocenters. The minimum Gasteiger partial charge on any atom is -0.478 e. The third kappa shape index (κ3) is 2.21. The highest BCUT2D eigenvalue weighted by atomic mass is 19.2. The number of carboxylic acid groups (broad SMARTS) is 1. The number of carbonyl (C=O) groups is 1. The maximum absolute atomic E-state index is 13.3. The van der Waals surface area contributed by atoms with Gasteiger partial charge in [-0.25, -0.2) is 4.79 Å². The summed E-state index contributed by atoms with van der Waals surface area (Å²) in [5, 5.41) is 20.3. The Morgan fingerprint density at radius 3 is 2.67 bits per heavy atom. The number of para-hydroxylation sites is 1. The molecule has 0 radical (unpaired) electrons. The number of benzene rings is 1. The molecule has 0 bridgehead atoms. The van der Waals surface area contributed by atoms with Gasteiger partial charge in [-0.1, -0.05) is 17.2 Å². The standard InChI is InChI=1S/C10H6F2N4O2/c11-7-8(12)14-16-15-9(7)13-6-4-2-1-3-5(6)10(17)18/h1-4H,(H,17,18)(H,13,14,15). The van der Waals surface area contributed by atoms with Crippen LogP contribution in [0.25, 0.3) is 0 Å². The fraction of sp³-hybridized carbons (Fsp3) is 0. The lowest BCUT2D eigenvalue weighted by Gasteiger charge is -2.08. The van der Waals surface area contributed by atoms with Gasteiger partial charge in [-0.3, -0.25) is 0 Å². The van der Waals surface area contributed by atoms with Crippen molar-refractivity contribution >= 4 is 17.5 Å². The van der Waals surface area contributed by atoms with Crippen molar-refractivity contribution in [3.63, 3.8) is 0 Å². The van der Waals surface area contributed by atoms with Gasteiger partial charge in [0.05, 0.1) is 11.3 Å². The summed E-state index contributed by atoms with van der Waals surface area (Å²) in [7, 11) is 0. The highest BCUT2D eigenvalue weighted by Crippen LogP contribution is 2.21. The molecular weight excluding hydrogens is 246 g/mol. The molecule has 0 aliphatic rings. The van der Waals surface area contributed by atoms with Gasteiger partial charge in [0.1, 0.15) is 0 Å². The molecule has 92 valence electrons. The van der Waals surface area contributed by atoms with E-state index in [4.69, 9.17) is 5.11 Å². The molecule has 1 aromatic carbocycles. The quantitative estimate of drug-likeness (QED) is 0.862. The Morgan fingerprint density at radius 2 is 1.94 bits per heavy atom. The minimum absolute atomic E-state index is 0.0730. The first-order valence-corrected chi connectivity index (χ1v) is 4.73. The Balaban J connectivity index is 2.40. The number of aromatic carboxylic acids is 1. The van der Waals surface area contributed by atoms with Crippen molar-refractivity contribution in [1.82, 2.24) is 15.4 Å². The third-order valence-corrected chi connectivity index (χ3v) is 2.08. The van der Waals surface area contributed by atoms with Gasteiger partial charge in [0.25, 0.3) is 5.95 Å². The first-order chi connectivity index (χ1) is 8.59. The lowest BCUT2D eigenvalue weighted by atomic mass is 10.2. The van der Waals surface area contributed by atoms with Crippen LogP contribution >= 0.6 is 0 Å². The van der Waals surface area contributed by atoms with Gasteiger partial charge in [-0.15, -0.1) is 5.10 Å². The van der Waals surface area contributed by atoms with E-state index in [2.05, 4.69) is 20.7 Å². The van der Waals surface area contributed by atoms with E-state index in [1.54, 1.807) is 0 Å². The average Bonchev–Trinajstić information content (AvgIpc) is 2.35. The van der Waals surface area contributed by atoms with Crippen LogP contribution in [0.1, 0.15) is 10.4 Å². The van der Waals surface area contributed by atoms with Crippen molar-refractivity contribution in [2.75, 3.05) is 5.32 Å². The number of nitrogens with zero attached hydrogens (tertiary/aromatic N) is 3. The average molecular weight is 252 g/mol. The number of hydrogen-bond acceptors (Lipinski definition) is 5. The van der Waals surface area contributed by atoms with E-state index in [1.807, 2.05) is 0 Å². The summed E-state index contributed by atoms with van der Waals surface area (Å²) >= 11 is 0. The molecule has 2 rings (SSSR count). The fourth-order valence-electron chi connectivity index (χ4n) is 1.28. The third-order valence-electron chi connectivity index (χ3n) is 2.08. The molecule has 8 heteroatoms. The smallest absolute Gasteiger partial charge is 0.337 e. The normalized spacial score (nSPS) is 10.1. The summed E-state index contributed by atoms with van der Waals surface area (Å²) < 4.78 is 26.1. The second-order valence-corrected chi connectivity index (χ2v) is 3.22. The largest absolute Gasteiger partial charge is 0.478 e. The first kappa shape index (κ1) is 11.8. The van der Waals surface area contributed by atoms with E-state index >= 15 is 0 Å². The highest BCUT2D eigenvalue weighted by molar-refractivity contribution is 5.94. The zero-order valence-corrected chi connectivity index (χ0v) is 8.76. The van der Waals surface area contributed by atoms with Crippen molar-refractivity contribution in [2.24, 2.45) is 0 Å². The fourth-order valence-corrected chi connectivity index (χ4v) is 1.28. The lowest BCUT2D eigenvalue weighted by Crippen LogP contribution is -2.07. The van der Waals surface area contributed by atoms with Gasteiger partial charge in [-0.05, 0) is 17.3 Å². The van der Waals surface area contributed by atoms with E-state index in [1.165, 1.54) is 24.3 Å². The number of carboxylic acids is 1. The maximum atomic E-state index is 13.3. The van der Waals surface area contributed by atoms with E-state index in [9.17, 15) is 13.6 Å². The van der Waals surface area contributed by atoms with Crippen molar-refractivity contribution in [3.8, 4) is 0 Å². The van der Waals surface area contributed by atoms with Gasteiger partial charge in [0.2, 0.25) is 5.82 Å². The molecule has 1 heterocycles. The first-order valence-electron chi connectivity index (χ1n) is 4.73. The second kappa shape index (κ2) is 4.70. The Labute approximate surface area is 99.3 Å². The number of halogens is 2. The van der Waals surface area contributed by atoms with Crippen LogP contribution in [0.2, 0.25) is 0 Å². The molecule has 0 unspecified atom stereocenters. The summed E-state index contributed by atoms with van der Waals surface area (Å²) in [6, 6.07) is 5.75. The van der Waals surface area contributed by atoms with E-state index < -0.39 is 23.6 Å². The van der Waals surface area contributed by atoms with Crippen LogP contribution in [-0.4, -0.2) is 26.5 Å². The monoisotopic (exact) mass is 252 g/mol. The van der Waals surface area contributed by atoms with E-state index in [-0.39, 0.29) is 11.3 Å². The lowest BCUT2D eigenvalue weighted by molar-refractivity contribution is 0.0698. The SMILES string of the molecule is O=C(O)c1ccccc1Nc1nnnc(F)c1F. The van der Waals surface area contributed by atoms with Crippen molar-refractivity contribution in [3.05, 3.63) is 41.6 Å². The molecule has 0 saturated carbocycles.